The first-order chi connectivity index (χ1) is 10.2. The monoisotopic (exact) mass is 287 g/mol. The molecule has 0 spiro atoms. The molecule has 2 heterocycles. The second-order valence-electron chi connectivity index (χ2n) is 4.92. The highest BCUT2D eigenvalue weighted by atomic mass is 16.5. The van der Waals surface area contributed by atoms with Crippen molar-refractivity contribution in [2.75, 3.05) is 18.9 Å². The fourth-order valence-electron chi connectivity index (χ4n) is 2.26. The molecule has 1 aromatic carbocycles. The normalized spacial score (nSPS) is 13.8. The summed E-state index contributed by atoms with van der Waals surface area (Å²) in [7, 11) is 0. The Hall–Kier alpha value is -2.57. The number of anilines is 1. The summed E-state index contributed by atoms with van der Waals surface area (Å²) in [6.07, 6.45) is 2.04. The van der Waals surface area contributed by atoms with Crippen molar-refractivity contribution in [3.8, 4) is 5.75 Å². The molecule has 0 saturated carbocycles. The summed E-state index contributed by atoms with van der Waals surface area (Å²) in [6, 6.07) is 7.13. The van der Waals surface area contributed by atoms with Crippen molar-refractivity contribution in [2.24, 2.45) is 0 Å². The largest absolute Gasteiger partial charge is 0.493 e. The third-order valence-corrected chi connectivity index (χ3v) is 3.46. The van der Waals surface area contributed by atoms with E-state index in [0.29, 0.717) is 31.8 Å². The zero-order valence-electron chi connectivity index (χ0n) is 11.6. The minimum Gasteiger partial charge on any atom is -0.493 e. The molecular weight excluding hydrogens is 270 g/mol. The van der Waals surface area contributed by atoms with Gasteiger partial charge in [-0.25, -0.2) is 0 Å². The Bertz CT molecular complexity index is 623. The predicted octanol–water partition coefficient (Wildman–Crippen LogP) is 0.672. The van der Waals surface area contributed by atoms with Gasteiger partial charge in [-0.3, -0.25) is 4.79 Å². The van der Waals surface area contributed by atoms with Gasteiger partial charge in [-0.1, -0.05) is 0 Å². The van der Waals surface area contributed by atoms with E-state index in [9.17, 15) is 4.79 Å². The number of nitrogens with zero attached hydrogens (tertiary/aromatic N) is 4. The molecule has 0 radical (unpaired) electrons. The predicted molar refractivity (Wildman–Crippen MR) is 76.4 cm³/mol. The van der Waals surface area contributed by atoms with E-state index in [1.54, 1.807) is 35.5 Å². The number of nitrogens with two attached hydrogens (primary N) is 1. The Kier molecular flexibility index (Phi) is 3.72. The van der Waals surface area contributed by atoms with Crippen LogP contribution in [0.2, 0.25) is 0 Å². The highest BCUT2D eigenvalue weighted by Gasteiger charge is 2.21. The summed E-state index contributed by atoms with van der Waals surface area (Å²) in [5, 5.41) is 7.85. The van der Waals surface area contributed by atoms with Gasteiger partial charge in [0.25, 0.3) is 0 Å². The Balaban J connectivity index is 1.48. The van der Waals surface area contributed by atoms with E-state index < -0.39 is 0 Å². The summed E-state index contributed by atoms with van der Waals surface area (Å²) in [5.41, 5.74) is 6.29. The lowest BCUT2D eigenvalue weighted by atomic mass is 10.3. The Morgan fingerprint density at radius 3 is 2.90 bits per heavy atom. The minimum absolute atomic E-state index is 0.0692. The highest BCUT2D eigenvalue weighted by Crippen LogP contribution is 2.14. The molecule has 0 unspecified atom stereocenters. The number of amides is 1. The maximum atomic E-state index is 12.1. The zero-order chi connectivity index (χ0) is 14.7. The number of benzene rings is 1. The van der Waals surface area contributed by atoms with Crippen LogP contribution >= 0.6 is 0 Å². The zero-order valence-corrected chi connectivity index (χ0v) is 11.6. The number of ether oxygens (including phenoxy) is 1. The van der Waals surface area contributed by atoms with Gasteiger partial charge >= 0.3 is 0 Å². The summed E-state index contributed by atoms with van der Waals surface area (Å²) < 4.78 is 7.51. The van der Waals surface area contributed by atoms with E-state index in [0.717, 1.165) is 18.1 Å². The van der Waals surface area contributed by atoms with Crippen LogP contribution in [0.5, 0.6) is 5.75 Å². The van der Waals surface area contributed by atoms with Crippen LogP contribution in [0.15, 0.2) is 30.6 Å². The van der Waals surface area contributed by atoms with Gasteiger partial charge in [0.15, 0.2) is 5.82 Å². The van der Waals surface area contributed by atoms with Gasteiger partial charge in [-0.05, 0) is 24.3 Å². The fraction of sp³-hybridized carbons (Fsp3) is 0.357. The van der Waals surface area contributed by atoms with Crippen LogP contribution in [0, 0.1) is 0 Å². The van der Waals surface area contributed by atoms with E-state index in [1.807, 2.05) is 4.57 Å². The van der Waals surface area contributed by atoms with Crippen molar-refractivity contribution in [3.63, 3.8) is 0 Å². The summed E-state index contributed by atoms with van der Waals surface area (Å²) in [6.45, 7) is 2.30. The third-order valence-electron chi connectivity index (χ3n) is 3.46. The standard InChI is InChI=1S/C14H17N5O2/c15-11-1-3-12(4-2-11)21-8-5-14(20)18-6-7-19-10-16-17-13(19)9-18/h1-4,10H,5-9,15H2. The van der Waals surface area contributed by atoms with Crippen LogP contribution in [-0.4, -0.2) is 38.7 Å². The van der Waals surface area contributed by atoms with Crippen LogP contribution in [-0.2, 0) is 17.9 Å². The van der Waals surface area contributed by atoms with Gasteiger partial charge in [-0.15, -0.1) is 10.2 Å². The molecule has 7 heteroatoms. The first-order valence-electron chi connectivity index (χ1n) is 6.85. The molecule has 0 bridgehead atoms. The van der Waals surface area contributed by atoms with Crippen molar-refractivity contribution in [1.82, 2.24) is 19.7 Å². The minimum atomic E-state index is 0.0692. The number of rotatable bonds is 4. The van der Waals surface area contributed by atoms with Crippen molar-refractivity contribution < 1.29 is 9.53 Å². The van der Waals surface area contributed by atoms with Gasteiger partial charge in [0, 0.05) is 18.8 Å². The van der Waals surface area contributed by atoms with E-state index in [1.165, 1.54) is 0 Å². The van der Waals surface area contributed by atoms with Crippen molar-refractivity contribution >= 4 is 11.6 Å². The highest BCUT2D eigenvalue weighted by molar-refractivity contribution is 5.76. The van der Waals surface area contributed by atoms with E-state index in [4.69, 9.17) is 10.5 Å². The molecule has 0 atom stereocenters. The lowest BCUT2D eigenvalue weighted by molar-refractivity contribution is -0.133. The van der Waals surface area contributed by atoms with Crippen LogP contribution < -0.4 is 10.5 Å². The van der Waals surface area contributed by atoms with Gasteiger partial charge in [0.05, 0.1) is 19.6 Å². The molecule has 2 aromatic rings. The molecule has 2 N–H and O–H groups in total. The van der Waals surface area contributed by atoms with Crippen LogP contribution in [0.1, 0.15) is 12.2 Å². The molecule has 1 amide bonds. The number of aromatic nitrogens is 3. The smallest absolute Gasteiger partial charge is 0.226 e. The molecule has 1 aliphatic rings. The van der Waals surface area contributed by atoms with Gasteiger partial charge < -0.3 is 19.9 Å². The molecule has 3 rings (SSSR count). The topological polar surface area (TPSA) is 86.3 Å². The third kappa shape index (κ3) is 3.13. The van der Waals surface area contributed by atoms with Gasteiger partial charge in [0.1, 0.15) is 12.1 Å². The summed E-state index contributed by atoms with van der Waals surface area (Å²) in [4.78, 5) is 13.9. The molecule has 21 heavy (non-hydrogen) atoms. The second kappa shape index (κ2) is 5.82. The number of nitrogen functional groups attached to an aromatic ring is 1. The Morgan fingerprint density at radius 1 is 1.29 bits per heavy atom. The number of carbonyl (C=O) groups excluding carboxylic acids is 1. The first kappa shape index (κ1) is 13.4. The maximum absolute atomic E-state index is 12.1. The SMILES string of the molecule is Nc1ccc(OCCC(=O)N2CCn3cnnc3C2)cc1. The van der Waals surface area contributed by atoms with Crippen molar-refractivity contribution in [2.45, 2.75) is 19.5 Å². The van der Waals surface area contributed by atoms with Crippen molar-refractivity contribution in [3.05, 3.63) is 36.4 Å². The molecule has 0 aliphatic carbocycles. The molecule has 7 nitrogen and oxygen atoms in total. The number of hydrogen-bond donors (Lipinski definition) is 1. The molecule has 0 fully saturated rings. The van der Waals surface area contributed by atoms with Gasteiger partial charge in [0.2, 0.25) is 5.91 Å². The van der Waals surface area contributed by atoms with Gasteiger partial charge in [-0.2, -0.15) is 0 Å². The average Bonchev–Trinajstić information content (AvgIpc) is 2.96. The van der Waals surface area contributed by atoms with E-state index >= 15 is 0 Å². The van der Waals surface area contributed by atoms with Crippen molar-refractivity contribution in [1.29, 1.82) is 0 Å². The second-order valence-corrected chi connectivity index (χ2v) is 4.92. The Labute approximate surface area is 122 Å². The molecule has 0 saturated heterocycles. The lowest BCUT2D eigenvalue weighted by Crippen LogP contribution is -2.38. The molecular formula is C14H17N5O2. The van der Waals surface area contributed by atoms with Crippen LogP contribution in [0.25, 0.3) is 0 Å². The molecule has 1 aliphatic heterocycles. The lowest BCUT2D eigenvalue weighted by Gasteiger charge is -2.27. The van der Waals surface area contributed by atoms with Crippen LogP contribution in [0.4, 0.5) is 5.69 Å². The fourth-order valence-corrected chi connectivity index (χ4v) is 2.26. The number of carbonyl (C=O) groups is 1. The Morgan fingerprint density at radius 2 is 2.10 bits per heavy atom. The first-order valence-corrected chi connectivity index (χ1v) is 6.85. The summed E-state index contributed by atoms with van der Waals surface area (Å²) in [5.74, 6) is 1.61. The molecule has 110 valence electrons. The van der Waals surface area contributed by atoms with E-state index in [-0.39, 0.29) is 5.91 Å². The summed E-state index contributed by atoms with van der Waals surface area (Å²) >= 11 is 0. The van der Waals surface area contributed by atoms with E-state index in [2.05, 4.69) is 10.2 Å². The average molecular weight is 287 g/mol. The quantitative estimate of drug-likeness (QED) is 0.835. The maximum Gasteiger partial charge on any atom is 0.226 e. The number of fused-ring (bicyclic) bond motifs is 1. The number of hydrogen-bond acceptors (Lipinski definition) is 5. The molecule has 1 aromatic heterocycles. The van der Waals surface area contributed by atoms with Crippen LogP contribution in [0.3, 0.4) is 0 Å².